The van der Waals surface area contributed by atoms with E-state index in [1.54, 1.807) is 36.4 Å². The summed E-state index contributed by atoms with van der Waals surface area (Å²) < 4.78 is 18.9. The van der Waals surface area contributed by atoms with Crippen molar-refractivity contribution in [2.75, 3.05) is 42.1 Å². The molecule has 2 amide bonds. The molecule has 1 saturated heterocycles. The van der Waals surface area contributed by atoms with E-state index in [4.69, 9.17) is 16.0 Å². The average molecular weight is 552 g/mol. The first-order valence-electron chi connectivity index (χ1n) is 11.9. The Morgan fingerprint density at radius 2 is 1.74 bits per heavy atom. The number of halogens is 2. The summed E-state index contributed by atoms with van der Waals surface area (Å²) in [4.78, 5) is 29.2. The van der Waals surface area contributed by atoms with E-state index in [2.05, 4.69) is 20.4 Å². The summed E-state index contributed by atoms with van der Waals surface area (Å²) in [5, 5.41) is 11.4. The molecule has 0 aliphatic carbocycles. The van der Waals surface area contributed by atoms with Crippen LogP contribution in [0.3, 0.4) is 0 Å². The van der Waals surface area contributed by atoms with Gasteiger partial charge in [-0.3, -0.25) is 9.59 Å². The summed E-state index contributed by atoms with van der Waals surface area (Å²) >= 11 is 7.12. The van der Waals surface area contributed by atoms with E-state index in [9.17, 15) is 14.0 Å². The van der Waals surface area contributed by atoms with Gasteiger partial charge in [-0.2, -0.15) is 0 Å². The summed E-state index contributed by atoms with van der Waals surface area (Å²) in [7, 11) is 0. The van der Waals surface area contributed by atoms with Gasteiger partial charge in [-0.1, -0.05) is 35.5 Å². The van der Waals surface area contributed by atoms with Crippen molar-refractivity contribution in [1.29, 1.82) is 0 Å². The molecular weight excluding hydrogens is 529 g/mol. The Kier molecular flexibility index (Phi) is 7.90. The normalized spacial score (nSPS) is 13.4. The fourth-order valence-electron chi connectivity index (χ4n) is 4.06. The zero-order valence-corrected chi connectivity index (χ0v) is 21.7. The molecule has 194 valence electrons. The van der Waals surface area contributed by atoms with Crippen LogP contribution in [0.4, 0.5) is 15.8 Å². The molecule has 38 heavy (non-hydrogen) atoms. The number of piperazine rings is 1. The number of carbonyl (C=O) groups is 2. The van der Waals surface area contributed by atoms with Crippen molar-refractivity contribution in [3.8, 4) is 11.5 Å². The molecule has 1 aliphatic rings. The van der Waals surface area contributed by atoms with E-state index < -0.39 is 5.82 Å². The molecule has 0 unspecified atom stereocenters. The quantitative estimate of drug-likeness (QED) is 0.315. The first kappa shape index (κ1) is 25.7. The summed E-state index contributed by atoms with van der Waals surface area (Å²) in [6.07, 6.45) is 0. The minimum absolute atomic E-state index is 0.0196. The van der Waals surface area contributed by atoms with E-state index in [0.717, 1.165) is 17.4 Å². The number of hydrogen-bond donors (Lipinski definition) is 1. The maximum absolute atomic E-state index is 13.4. The Bertz CT molecular complexity index is 1440. The number of amides is 2. The Hall–Kier alpha value is -3.89. The maximum atomic E-state index is 13.4. The number of carbonyl (C=O) groups excluding carboxylic acids is 2. The number of aromatic nitrogens is 2. The second-order valence-electron chi connectivity index (χ2n) is 8.56. The van der Waals surface area contributed by atoms with E-state index in [0.29, 0.717) is 48.0 Å². The fourth-order valence-corrected chi connectivity index (χ4v) is 4.81. The summed E-state index contributed by atoms with van der Waals surface area (Å²) in [6.45, 7) is 2.63. The fraction of sp³-hybridized carbons (Fsp3) is 0.185. The zero-order valence-electron chi connectivity index (χ0n) is 20.1. The highest BCUT2D eigenvalue weighted by Crippen LogP contribution is 2.25. The summed E-state index contributed by atoms with van der Waals surface area (Å²) in [5.41, 5.74) is 2.75. The number of benzene rings is 3. The van der Waals surface area contributed by atoms with Crippen molar-refractivity contribution in [3.05, 3.63) is 89.2 Å². The Labute approximate surface area is 227 Å². The van der Waals surface area contributed by atoms with Gasteiger partial charge in [-0.15, -0.1) is 10.2 Å². The molecule has 4 aromatic rings. The summed E-state index contributed by atoms with van der Waals surface area (Å²) in [5.74, 6) is -0.367. The van der Waals surface area contributed by atoms with Gasteiger partial charge in [0.15, 0.2) is 0 Å². The van der Waals surface area contributed by atoms with Crippen molar-refractivity contribution in [1.82, 2.24) is 15.1 Å². The van der Waals surface area contributed by atoms with Gasteiger partial charge >= 0.3 is 0 Å². The predicted octanol–water partition coefficient (Wildman–Crippen LogP) is 5.22. The van der Waals surface area contributed by atoms with Crippen LogP contribution < -0.4 is 10.2 Å². The highest BCUT2D eigenvalue weighted by Gasteiger charge is 2.22. The average Bonchev–Trinajstić information content (AvgIpc) is 3.41. The molecule has 0 atom stereocenters. The molecule has 8 nitrogen and oxygen atoms in total. The van der Waals surface area contributed by atoms with E-state index in [1.807, 2.05) is 29.2 Å². The van der Waals surface area contributed by atoms with E-state index in [1.165, 1.54) is 12.1 Å². The van der Waals surface area contributed by atoms with Crippen LogP contribution in [0.15, 0.2) is 82.4 Å². The second-order valence-corrected chi connectivity index (χ2v) is 9.92. The van der Waals surface area contributed by atoms with Crippen molar-refractivity contribution in [2.45, 2.75) is 5.22 Å². The molecule has 0 spiro atoms. The monoisotopic (exact) mass is 551 g/mol. The molecule has 11 heteroatoms. The van der Waals surface area contributed by atoms with Gasteiger partial charge in [0.05, 0.1) is 5.75 Å². The maximum Gasteiger partial charge on any atom is 0.277 e. The van der Waals surface area contributed by atoms with Crippen LogP contribution >= 0.6 is 23.4 Å². The molecule has 1 aromatic heterocycles. The van der Waals surface area contributed by atoms with Gasteiger partial charge in [0.2, 0.25) is 11.8 Å². The largest absolute Gasteiger partial charge is 0.411 e. The number of rotatable bonds is 7. The van der Waals surface area contributed by atoms with Crippen molar-refractivity contribution < 1.29 is 18.4 Å². The third kappa shape index (κ3) is 6.32. The van der Waals surface area contributed by atoms with Gasteiger partial charge in [-0.25, -0.2) is 4.39 Å². The topological polar surface area (TPSA) is 91.6 Å². The van der Waals surface area contributed by atoms with Gasteiger partial charge in [-0.05, 0) is 60.7 Å². The van der Waals surface area contributed by atoms with Gasteiger partial charge in [0, 0.05) is 53.7 Å². The highest BCUT2D eigenvalue weighted by molar-refractivity contribution is 7.99. The Morgan fingerprint density at radius 1 is 0.974 bits per heavy atom. The standard InChI is InChI=1S/C27H23ClFN5O3S/c28-20-5-1-4-19(15-20)26(36)34-13-11-33(12-14-34)23-9-7-22(8-10-23)30-24(35)17-38-27-32-31-25(37-27)18-3-2-6-21(29)16-18/h1-10,15-16H,11-14,17H2,(H,30,35). The SMILES string of the molecule is O=C(CSc1nnc(-c2cccc(F)c2)o1)Nc1ccc(N2CCN(C(=O)c3cccc(Cl)c3)CC2)cc1. The first-order valence-corrected chi connectivity index (χ1v) is 13.2. The third-order valence-electron chi connectivity index (χ3n) is 5.96. The number of nitrogens with zero attached hydrogens (tertiary/aromatic N) is 4. The number of anilines is 2. The second kappa shape index (κ2) is 11.7. The number of nitrogens with one attached hydrogen (secondary N) is 1. The lowest BCUT2D eigenvalue weighted by molar-refractivity contribution is -0.113. The summed E-state index contributed by atoms with van der Waals surface area (Å²) in [6, 6.07) is 20.4. The molecule has 0 bridgehead atoms. The van der Waals surface area contributed by atoms with Crippen LogP contribution in [-0.2, 0) is 4.79 Å². The molecular formula is C27H23ClFN5O3S. The minimum atomic E-state index is -0.397. The van der Waals surface area contributed by atoms with Gasteiger partial charge in [0.1, 0.15) is 5.82 Å². The van der Waals surface area contributed by atoms with Crippen LogP contribution in [0, 0.1) is 5.82 Å². The molecule has 3 aromatic carbocycles. The molecule has 0 radical (unpaired) electrons. The smallest absolute Gasteiger partial charge is 0.277 e. The molecule has 2 heterocycles. The van der Waals surface area contributed by atoms with Crippen LogP contribution in [0.1, 0.15) is 10.4 Å². The van der Waals surface area contributed by atoms with E-state index in [-0.39, 0.29) is 28.7 Å². The van der Waals surface area contributed by atoms with Crippen molar-refractivity contribution in [2.24, 2.45) is 0 Å². The number of thioether (sulfide) groups is 1. The Morgan fingerprint density at radius 3 is 2.47 bits per heavy atom. The van der Waals surface area contributed by atoms with Crippen LogP contribution in [0.2, 0.25) is 5.02 Å². The van der Waals surface area contributed by atoms with E-state index >= 15 is 0 Å². The van der Waals surface area contributed by atoms with Crippen molar-refractivity contribution in [3.63, 3.8) is 0 Å². The highest BCUT2D eigenvalue weighted by atomic mass is 35.5. The van der Waals surface area contributed by atoms with Crippen molar-refractivity contribution >= 4 is 46.6 Å². The lowest BCUT2D eigenvalue weighted by Gasteiger charge is -2.36. The molecule has 1 fully saturated rings. The van der Waals surface area contributed by atoms with Crippen LogP contribution in [0.5, 0.6) is 0 Å². The van der Waals surface area contributed by atoms with Gasteiger partial charge in [0.25, 0.3) is 11.1 Å². The first-order chi connectivity index (χ1) is 18.4. The number of hydrogen-bond acceptors (Lipinski definition) is 7. The molecule has 5 rings (SSSR count). The lowest BCUT2D eigenvalue weighted by atomic mass is 10.1. The molecule has 0 saturated carbocycles. The van der Waals surface area contributed by atoms with Crippen LogP contribution in [0.25, 0.3) is 11.5 Å². The van der Waals surface area contributed by atoms with Gasteiger partial charge < -0.3 is 19.5 Å². The van der Waals surface area contributed by atoms with Crippen LogP contribution in [-0.4, -0.2) is 58.8 Å². The lowest BCUT2D eigenvalue weighted by Crippen LogP contribution is -2.48. The Balaban J connectivity index is 1.09. The predicted molar refractivity (Wildman–Crippen MR) is 145 cm³/mol. The third-order valence-corrected chi connectivity index (χ3v) is 7.01. The minimum Gasteiger partial charge on any atom is -0.411 e. The molecule has 1 aliphatic heterocycles. The zero-order chi connectivity index (χ0) is 26.5. The molecule has 1 N–H and O–H groups in total.